The molecule has 1 heterocycles. The molecule has 2 aromatic rings. The summed E-state index contributed by atoms with van der Waals surface area (Å²) in [6.45, 7) is 1.96. The molecule has 0 bridgehead atoms. The number of rotatable bonds is 6. The third kappa shape index (κ3) is 4.21. The van der Waals surface area contributed by atoms with Crippen LogP contribution >= 0.6 is 0 Å². The van der Waals surface area contributed by atoms with Crippen LogP contribution in [-0.4, -0.2) is 18.0 Å². The fourth-order valence-corrected chi connectivity index (χ4v) is 1.78. The van der Waals surface area contributed by atoms with Gasteiger partial charge in [0.2, 0.25) is 11.8 Å². The number of benzene rings is 1. The van der Waals surface area contributed by atoms with Crippen molar-refractivity contribution in [1.29, 1.82) is 0 Å². The number of methoxy groups -OCH3 is 1. The summed E-state index contributed by atoms with van der Waals surface area (Å²) in [4.78, 5) is 15.7. The van der Waals surface area contributed by atoms with Crippen molar-refractivity contribution in [2.45, 2.75) is 19.8 Å². The molecule has 1 N–H and O–H groups in total. The third-order valence-corrected chi connectivity index (χ3v) is 2.78. The molecular weight excluding hydrogens is 268 g/mol. The molecule has 1 amide bonds. The maximum Gasteiger partial charge on any atom is 0.224 e. The topological polar surface area (TPSA) is 60.5 Å². The molecule has 0 aliphatic carbocycles. The molecule has 21 heavy (non-hydrogen) atoms. The number of para-hydroxylation sites is 2. The first kappa shape index (κ1) is 14.8. The molecule has 0 aliphatic heterocycles. The molecule has 5 heteroatoms. The number of nitrogens with one attached hydrogen (secondary N) is 1. The highest BCUT2D eigenvalue weighted by Gasteiger charge is 2.06. The van der Waals surface area contributed by atoms with Crippen molar-refractivity contribution in [1.82, 2.24) is 4.98 Å². The maximum absolute atomic E-state index is 11.5. The summed E-state index contributed by atoms with van der Waals surface area (Å²) in [6, 6.07) is 10.8. The largest absolute Gasteiger partial charge is 0.493 e. The van der Waals surface area contributed by atoms with E-state index in [1.54, 1.807) is 31.5 Å². The Morgan fingerprint density at radius 1 is 1.19 bits per heavy atom. The SMILES string of the molecule is CCCC(=O)Nc1ccc(Oc2ccccc2OC)nc1. The van der Waals surface area contributed by atoms with Crippen molar-refractivity contribution in [3.05, 3.63) is 42.6 Å². The van der Waals surface area contributed by atoms with Gasteiger partial charge in [-0.25, -0.2) is 4.98 Å². The van der Waals surface area contributed by atoms with Crippen molar-refractivity contribution in [3.63, 3.8) is 0 Å². The minimum atomic E-state index is -0.0160. The van der Waals surface area contributed by atoms with Crippen LogP contribution in [0, 0.1) is 0 Å². The summed E-state index contributed by atoms with van der Waals surface area (Å²) in [5, 5.41) is 2.77. The summed E-state index contributed by atoms with van der Waals surface area (Å²) >= 11 is 0. The van der Waals surface area contributed by atoms with Gasteiger partial charge in [-0.2, -0.15) is 0 Å². The Morgan fingerprint density at radius 3 is 2.57 bits per heavy atom. The summed E-state index contributed by atoms with van der Waals surface area (Å²) in [5.74, 6) is 1.65. The van der Waals surface area contributed by atoms with E-state index >= 15 is 0 Å². The van der Waals surface area contributed by atoms with E-state index in [0.29, 0.717) is 29.5 Å². The van der Waals surface area contributed by atoms with Crippen LogP contribution in [0.4, 0.5) is 5.69 Å². The van der Waals surface area contributed by atoms with E-state index < -0.39 is 0 Å². The highest BCUT2D eigenvalue weighted by molar-refractivity contribution is 5.90. The lowest BCUT2D eigenvalue weighted by molar-refractivity contribution is -0.116. The smallest absolute Gasteiger partial charge is 0.224 e. The second-order valence-electron chi connectivity index (χ2n) is 4.44. The van der Waals surface area contributed by atoms with Crippen LogP contribution in [0.2, 0.25) is 0 Å². The first-order valence-electron chi connectivity index (χ1n) is 6.79. The molecular formula is C16H18N2O3. The van der Waals surface area contributed by atoms with E-state index in [-0.39, 0.29) is 5.91 Å². The molecule has 0 saturated carbocycles. The molecule has 0 spiro atoms. The van der Waals surface area contributed by atoms with E-state index in [1.165, 1.54) is 0 Å². The van der Waals surface area contributed by atoms with Crippen LogP contribution in [0.25, 0.3) is 0 Å². The summed E-state index contributed by atoms with van der Waals surface area (Å²) in [6.07, 6.45) is 2.88. The zero-order valence-electron chi connectivity index (χ0n) is 12.1. The predicted molar refractivity (Wildman–Crippen MR) is 80.8 cm³/mol. The van der Waals surface area contributed by atoms with Crippen molar-refractivity contribution >= 4 is 11.6 Å². The highest BCUT2D eigenvalue weighted by atomic mass is 16.5. The highest BCUT2D eigenvalue weighted by Crippen LogP contribution is 2.30. The second kappa shape index (κ2) is 7.28. The molecule has 0 saturated heterocycles. The molecule has 1 aromatic heterocycles. The van der Waals surface area contributed by atoms with Gasteiger partial charge in [0.05, 0.1) is 19.0 Å². The maximum atomic E-state index is 11.5. The second-order valence-corrected chi connectivity index (χ2v) is 4.44. The fourth-order valence-electron chi connectivity index (χ4n) is 1.78. The quantitative estimate of drug-likeness (QED) is 0.881. The summed E-state index contributed by atoms with van der Waals surface area (Å²) < 4.78 is 10.9. The minimum Gasteiger partial charge on any atom is -0.493 e. The van der Waals surface area contributed by atoms with Gasteiger partial charge in [0.1, 0.15) is 0 Å². The van der Waals surface area contributed by atoms with E-state index in [2.05, 4.69) is 10.3 Å². The van der Waals surface area contributed by atoms with Crippen molar-refractivity contribution in [3.8, 4) is 17.4 Å². The third-order valence-electron chi connectivity index (χ3n) is 2.78. The molecule has 2 rings (SSSR count). The van der Waals surface area contributed by atoms with Gasteiger partial charge in [-0.3, -0.25) is 4.79 Å². The number of amides is 1. The van der Waals surface area contributed by atoms with Gasteiger partial charge >= 0.3 is 0 Å². The first-order valence-corrected chi connectivity index (χ1v) is 6.79. The number of ether oxygens (including phenoxy) is 2. The summed E-state index contributed by atoms with van der Waals surface area (Å²) in [5.41, 5.74) is 0.654. The van der Waals surface area contributed by atoms with Gasteiger partial charge in [0, 0.05) is 12.5 Å². The van der Waals surface area contributed by atoms with Crippen molar-refractivity contribution in [2.75, 3.05) is 12.4 Å². The number of hydrogen-bond donors (Lipinski definition) is 1. The molecule has 0 fully saturated rings. The van der Waals surface area contributed by atoms with Crippen LogP contribution in [0.1, 0.15) is 19.8 Å². The number of anilines is 1. The summed E-state index contributed by atoms with van der Waals surface area (Å²) in [7, 11) is 1.59. The van der Waals surface area contributed by atoms with E-state index in [9.17, 15) is 4.79 Å². The lowest BCUT2D eigenvalue weighted by Gasteiger charge is -2.09. The molecule has 0 radical (unpaired) electrons. The Morgan fingerprint density at radius 2 is 1.95 bits per heavy atom. The molecule has 0 unspecified atom stereocenters. The van der Waals surface area contributed by atoms with Crippen LogP contribution in [0.3, 0.4) is 0 Å². The number of carbonyl (C=O) groups is 1. The van der Waals surface area contributed by atoms with E-state index in [1.807, 2.05) is 25.1 Å². The lowest BCUT2D eigenvalue weighted by atomic mass is 10.3. The van der Waals surface area contributed by atoms with Crippen LogP contribution in [0.5, 0.6) is 17.4 Å². The van der Waals surface area contributed by atoms with E-state index in [0.717, 1.165) is 6.42 Å². The average molecular weight is 286 g/mol. The number of aromatic nitrogens is 1. The predicted octanol–water partition coefficient (Wildman–Crippen LogP) is 3.62. The van der Waals surface area contributed by atoms with Crippen LogP contribution < -0.4 is 14.8 Å². The average Bonchev–Trinajstić information content (AvgIpc) is 2.50. The zero-order valence-corrected chi connectivity index (χ0v) is 12.1. The molecule has 1 aromatic carbocycles. The van der Waals surface area contributed by atoms with Crippen molar-refractivity contribution in [2.24, 2.45) is 0 Å². The van der Waals surface area contributed by atoms with Crippen LogP contribution in [0.15, 0.2) is 42.6 Å². The fraction of sp³-hybridized carbons (Fsp3) is 0.250. The van der Waals surface area contributed by atoms with Gasteiger partial charge in [-0.1, -0.05) is 19.1 Å². The monoisotopic (exact) mass is 286 g/mol. The number of carbonyl (C=O) groups excluding carboxylic acids is 1. The van der Waals surface area contributed by atoms with E-state index in [4.69, 9.17) is 9.47 Å². The van der Waals surface area contributed by atoms with Gasteiger partial charge in [0.25, 0.3) is 0 Å². The first-order chi connectivity index (χ1) is 10.2. The minimum absolute atomic E-state index is 0.0160. The molecule has 0 aliphatic rings. The Kier molecular flexibility index (Phi) is 5.15. The molecule has 110 valence electrons. The van der Waals surface area contributed by atoms with Gasteiger partial charge < -0.3 is 14.8 Å². The Bertz CT molecular complexity index is 597. The van der Waals surface area contributed by atoms with Crippen LogP contribution in [-0.2, 0) is 4.79 Å². The molecule has 0 atom stereocenters. The Labute approximate surface area is 123 Å². The zero-order chi connectivity index (χ0) is 15.1. The number of nitrogens with zero attached hydrogens (tertiary/aromatic N) is 1. The standard InChI is InChI=1S/C16H18N2O3/c1-3-6-15(19)18-12-9-10-16(17-11-12)21-14-8-5-4-7-13(14)20-2/h4-5,7-11H,3,6H2,1-2H3,(H,18,19). The van der Waals surface area contributed by atoms with Crippen molar-refractivity contribution < 1.29 is 14.3 Å². The van der Waals surface area contributed by atoms with Gasteiger partial charge in [-0.15, -0.1) is 0 Å². The Hall–Kier alpha value is -2.56. The normalized spacial score (nSPS) is 10.0. The number of pyridine rings is 1. The van der Waals surface area contributed by atoms with Gasteiger partial charge in [-0.05, 0) is 24.6 Å². The lowest BCUT2D eigenvalue weighted by Crippen LogP contribution is -2.10. The van der Waals surface area contributed by atoms with Gasteiger partial charge in [0.15, 0.2) is 11.5 Å². The Balaban J connectivity index is 2.04. The number of hydrogen-bond acceptors (Lipinski definition) is 4. The molecule has 5 nitrogen and oxygen atoms in total.